The van der Waals surface area contributed by atoms with Gasteiger partial charge in [-0.2, -0.15) is 0 Å². The summed E-state index contributed by atoms with van der Waals surface area (Å²) in [5, 5.41) is 5.01. The summed E-state index contributed by atoms with van der Waals surface area (Å²) in [6.45, 7) is 0. The minimum absolute atomic E-state index is 0.180. The van der Waals surface area contributed by atoms with Crippen LogP contribution in [-0.4, -0.2) is 25.1 Å². The highest BCUT2D eigenvalue weighted by Gasteiger charge is 2.21. The van der Waals surface area contributed by atoms with Gasteiger partial charge in [0.25, 0.3) is 5.91 Å². The van der Waals surface area contributed by atoms with Gasteiger partial charge in [-0.25, -0.2) is 4.99 Å². The molecule has 4 N–H and O–H groups in total. The topological polar surface area (TPSA) is 79.5 Å². The number of rotatable bonds is 1. The van der Waals surface area contributed by atoms with Gasteiger partial charge in [0.15, 0.2) is 12.1 Å². The molecule has 0 spiro atoms. The van der Waals surface area contributed by atoms with E-state index < -0.39 is 6.17 Å². The first-order valence-electron chi connectivity index (χ1n) is 2.55. The van der Waals surface area contributed by atoms with Crippen LogP contribution >= 0.6 is 0 Å². The van der Waals surface area contributed by atoms with Crippen LogP contribution < -0.4 is 16.4 Å². The molecule has 5 nitrogen and oxygen atoms in total. The van der Waals surface area contributed by atoms with Crippen LogP contribution in [0, 0.1) is 0 Å². The molecule has 1 atom stereocenters. The Morgan fingerprint density at radius 3 is 2.78 bits per heavy atom. The number of nitrogens with two attached hydrogens (primary N) is 1. The van der Waals surface area contributed by atoms with Crippen molar-refractivity contribution < 1.29 is 4.79 Å². The Kier molecular flexibility index (Phi) is 1.35. The molecule has 1 aliphatic rings. The zero-order chi connectivity index (χ0) is 6.85. The largest absolute Gasteiger partial charge is 0.370 e. The highest BCUT2D eigenvalue weighted by Crippen LogP contribution is 1.90. The number of likely N-dealkylation sites (N-methyl/N-ethyl adjacent to an activating group) is 1. The van der Waals surface area contributed by atoms with Gasteiger partial charge in [0.05, 0.1) is 0 Å². The SMILES string of the molecule is CNC1N=C(N)NC1=O. The fourth-order valence-electron chi connectivity index (χ4n) is 0.620. The second kappa shape index (κ2) is 2.02. The first kappa shape index (κ1) is 6.03. The van der Waals surface area contributed by atoms with Crippen molar-refractivity contribution in [3.63, 3.8) is 0 Å². The second-order valence-corrected chi connectivity index (χ2v) is 1.69. The Hall–Kier alpha value is -1.10. The number of hydrogen-bond donors (Lipinski definition) is 3. The molecule has 50 valence electrons. The second-order valence-electron chi connectivity index (χ2n) is 1.69. The maximum atomic E-state index is 10.6. The number of nitrogens with one attached hydrogen (secondary N) is 2. The Morgan fingerprint density at radius 2 is 2.56 bits per heavy atom. The van der Waals surface area contributed by atoms with Crippen LogP contribution in [0.1, 0.15) is 0 Å². The Morgan fingerprint density at radius 1 is 1.89 bits per heavy atom. The molecule has 0 aliphatic carbocycles. The van der Waals surface area contributed by atoms with Crippen LogP contribution in [0.4, 0.5) is 0 Å². The van der Waals surface area contributed by atoms with Crippen molar-refractivity contribution in [1.29, 1.82) is 0 Å². The monoisotopic (exact) mass is 128 g/mol. The predicted octanol–water partition coefficient (Wildman–Crippen LogP) is -2.02. The van der Waals surface area contributed by atoms with Crippen molar-refractivity contribution >= 4 is 11.9 Å². The van der Waals surface area contributed by atoms with Gasteiger partial charge >= 0.3 is 0 Å². The molecule has 5 heteroatoms. The van der Waals surface area contributed by atoms with Gasteiger partial charge in [-0.15, -0.1) is 0 Å². The summed E-state index contributed by atoms with van der Waals surface area (Å²) >= 11 is 0. The standard InChI is InChI=1S/C4H8N4O/c1-6-2-3(9)8-4(5)7-2/h2,6H,1H3,(H3,5,7,8,9). The maximum absolute atomic E-state index is 10.6. The van der Waals surface area contributed by atoms with Crippen LogP contribution in [0.3, 0.4) is 0 Å². The van der Waals surface area contributed by atoms with Gasteiger partial charge in [-0.1, -0.05) is 0 Å². The Bertz CT molecular complexity index is 164. The van der Waals surface area contributed by atoms with E-state index in [1.54, 1.807) is 7.05 Å². The molecule has 1 unspecified atom stereocenters. The highest BCUT2D eigenvalue weighted by molar-refractivity contribution is 6.03. The molecule has 1 aliphatic heterocycles. The lowest BCUT2D eigenvalue weighted by molar-refractivity contribution is -0.120. The molecule has 0 fully saturated rings. The lowest BCUT2D eigenvalue weighted by atomic mass is 10.5. The molecule has 0 aromatic heterocycles. The molecule has 9 heavy (non-hydrogen) atoms. The van der Waals surface area contributed by atoms with Crippen molar-refractivity contribution in [2.24, 2.45) is 10.7 Å². The minimum Gasteiger partial charge on any atom is -0.370 e. The number of amides is 1. The molecule has 0 saturated heterocycles. The van der Waals surface area contributed by atoms with E-state index in [0.29, 0.717) is 0 Å². The van der Waals surface area contributed by atoms with Crippen molar-refractivity contribution in [2.75, 3.05) is 7.05 Å². The number of guanidine groups is 1. The molecule has 1 amide bonds. The van der Waals surface area contributed by atoms with Crippen LogP contribution in [0.25, 0.3) is 0 Å². The van der Waals surface area contributed by atoms with E-state index in [1.807, 2.05) is 0 Å². The van der Waals surface area contributed by atoms with Gasteiger partial charge in [0, 0.05) is 0 Å². The summed E-state index contributed by atoms with van der Waals surface area (Å²) in [6.07, 6.45) is -0.495. The molecule has 0 saturated carbocycles. The third-order valence-corrected chi connectivity index (χ3v) is 1.04. The third-order valence-electron chi connectivity index (χ3n) is 1.04. The molecular weight excluding hydrogens is 120 g/mol. The molecule has 0 bridgehead atoms. The van der Waals surface area contributed by atoms with Crippen LogP contribution in [0.2, 0.25) is 0 Å². The van der Waals surface area contributed by atoms with Crippen LogP contribution in [0.15, 0.2) is 4.99 Å². The summed E-state index contributed by atoms with van der Waals surface area (Å²) in [6, 6.07) is 0. The first-order chi connectivity index (χ1) is 4.24. The van der Waals surface area contributed by atoms with E-state index in [9.17, 15) is 4.79 Å². The van der Waals surface area contributed by atoms with Gasteiger partial charge < -0.3 is 5.73 Å². The number of carbonyl (C=O) groups excluding carboxylic acids is 1. The fraction of sp³-hybridized carbons (Fsp3) is 0.500. The summed E-state index contributed by atoms with van der Waals surface area (Å²) < 4.78 is 0. The molecule has 1 heterocycles. The average Bonchev–Trinajstić information content (AvgIpc) is 2.10. The van der Waals surface area contributed by atoms with Crippen LogP contribution in [-0.2, 0) is 4.79 Å². The fourth-order valence-corrected chi connectivity index (χ4v) is 0.620. The van der Waals surface area contributed by atoms with E-state index in [0.717, 1.165) is 0 Å². The van der Waals surface area contributed by atoms with E-state index in [1.165, 1.54) is 0 Å². The Balaban J connectivity index is 2.64. The lowest BCUT2D eigenvalue weighted by Crippen LogP contribution is -2.37. The predicted molar refractivity (Wildman–Crippen MR) is 32.6 cm³/mol. The lowest BCUT2D eigenvalue weighted by Gasteiger charge is -1.98. The zero-order valence-corrected chi connectivity index (χ0v) is 5.01. The summed E-state index contributed by atoms with van der Waals surface area (Å²) in [5.74, 6) is -0.0191. The highest BCUT2D eigenvalue weighted by atomic mass is 16.2. The van der Waals surface area contributed by atoms with E-state index in [-0.39, 0.29) is 11.9 Å². The molecule has 0 aromatic rings. The minimum atomic E-state index is -0.495. The average molecular weight is 128 g/mol. The smallest absolute Gasteiger partial charge is 0.266 e. The number of hydrogen-bond acceptors (Lipinski definition) is 4. The summed E-state index contributed by atoms with van der Waals surface area (Å²) in [5.41, 5.74) is 5.17. The molecular formula is C4H8N4O. The Labute approximate surface area is 52.3 Å². The van der Waals surface area contributed by atoms with Gasteiger partial charge in [0.2, 0.25) is 0 Å². The number of aliphatic imine (C=N–C) groups is 1. The van der Waals surface area contributed by atoms with Gasteiger partial charge in [0.1, 0.15) is 0 Å². The van der Waals surface area contributed by atoms with Crippen LogP contribution in [0.5, 0.6) is 0 Å². The van der Waals surface area contributed by atoms with E-state index in [4.69, 9.17) is 5.73 Å². The number of carbonyl (C=O) groups is 1. The van der Waals surface area contributed by atoms with Gasteiger partial charge in [-0.3, -0.25) is 15.4 Å². The molecule has 1 rings (SSSR count). The molecule has 0 aromatic carbocycles. The van der Waals surface area contributed by atoms with Crippen molar-refractivity contribution in [2.45, 2.75) is 6.17 Å². The third kappa shape index (κ3) is 0.996. The van der Waals surface area contributed by atoms with Crippen molar-refractivity contribution in [1.82, 2.24) is 10.6 Å². The van der Waals surface area contributed by atoms with E-state index in [2.05, 4.69) is 15.6 Å². The summed E-state index contributed by atoms with van der Waals surface area (Å²) in [7, 11) is 1.65. The van der Waals surface area contributed by atoms with Crippen molar-refractivity contribution in [3.05, 3.63) is 0 Å². The number of nitrogens with zero attached hydrogens (tertiary/aromatic N) is 1. The van der Waals surface area contributed by atoms with Gasteiger partial charge in [-0.05, 0) is 7.05 Å². The maximum Gasteiger partial charge on any atom is 0.266 e. The van der Waals surface area contributed by atoms with Crippen molar-refractivity contribution in [3.8, 4) is 0 Å². The quantitative estimate of drug-likeness (QED) is 0.381. The summed E-state index contributed by atoms with van der Waals surface area (Å²) in [4.78, 5) is 14.4. The van der Waals surface area contributed by atoms with E-state index >= 15 is 0 Å². The normalized spacial score (nSPS) is 25.7. The first-order valence-corrected chi connectivity index (χ1v) is 2.55. The molecule has 0 radical (unpaired) electrons. The zero-order valence-electron chi connectivity index (χ0n) is 5.01.